The lowest BCUT2D eigenvalue weighted by Crippen LogP contribution is -2.54. The second-order valence-electron chi connectivity index (χ2n) is 15.5. The summed E-state index contributed by atoms with van der Waals surface area (Å²) in [7, 11) is 0. The smallest absolute Gasteiger partial charge is 0.252 e. The van der Waals surface area contributed by atoms with E-state index < -0.39 is 0 Å². The van der Waals surface area contributed by atoms with Gasteiger partial charge in [0.2, 0.25) is 0 Å². The number of aromatic nitrogens is 2. The number of para-hydroxylation sites is 1. The van der Waals surface area contributed by atoms with Crippen LogP contribution >= 0.6 is 0 Å². The fourth-order valence-corrected chi connectivity index (χ4v) is 10.7. The molecule has 2 aliphatic heterocycles. The van der Waals surface area contributed by atoms with Crippen LogP contribution in [0.15, 0.2) is 188 Å². The molecule has 0 saturated carbocycles. The highest BCUT2D eigenvalue weighted by molar-refractivity contribution is 7.03. The molecule has 4 heterocycles. The highest BCUT2D eigenvalue weighted by atomic mass is 15.1. The minimum Gasteiger partial charge on any atom is -0.310 e. The molecule has 9 aromatic rings. The van der Waals surface area contributed by atoms with E-state index in [2.05, 4.69) is 191 Å². The van der Waals surface area contributed by atoms with Gasteiger partial charge in [-0.2, -0.15) is 0 Å². The molecule has 254 valence electrons. The Labute approximate surface area is 319 Å². The molecule has 0 fully saturated rings. The lowest BCUT2D eigenvalue weighted by Gasteiger charge is -2.40. The average Bonchev–Trinajstić information content (AvgIpc) is 3.79. The van der Waals surface area contributed by atoms with Crippen LogP contribution in [0.2, 0.25) is 0 Å². The van der Waals surface area contributed by atoms with Gasteiger partial charge in [-0.1, -0.05) is 164 Å². The summed E-state index contributed by atoms with van der Waals surface area (Å²) in [5.74, 6) is 0.305. The van der Waals surface area contributed by atoms with Crippen molar-refractivity contribution in [3.8, 4) is 44.9 Å². The fraction of sp³-hybridized carbons (Fsp3) is 0.0385. The number of fused-ring (bicyclic) bond motifs is 10. The standard InChI is InChI=1S/C52H33BN2/c1-4-15-32(16-5-1)37-30-44-49-45(31-37)55-50(35-20-8-3-9-21-35)46(34-18-6-2-7-19-34)41-29-36-22-11-13-24-39(36)48(52(41)55)53(49)42-26-14-25-40-47-38-23-12-10-17-33(38)27-28-43(47)54(44)51(40)42/h1-28,30-31,36H,29H2. The monoisotopic (exact) mass is 696 g/mol. The van der Waals surface area contributed by atoms with Crippen LogP contribution in [0.4, 0.5) is 0 Å². The molecule has 0 radical (unpaired) electrons. The molecule has 0 amide bonds. The summed E-state index contributed by atoms with van der Waals surface area (Å²) in [4.78, 5) is 0. The van der Waals surface area contributed by atoms with Crippen molar-refractivity contribution in [3.63, 3.8) is 0 Å². The van der Waals surface area contributed by atoms with Gasteiger partial charge >= 0.3 is 0 Å². The third kappa shape index (κ3) is 3.85. The first-order chi connectivity index (χ1) is 27.3. The normalized spacial score (nSPS) is 15.9. The molecule has 2 aliphatic carbocycles. The molecule has 7 aromatic carbocycles. The predicted molar refractivity (Wildman–Crippen MR) is 231 cm³/mol. The van der Waals surface area contributed by atoms with Gasteiger partial charge in [0.15, 0.2) is 0 Å². The van der Waals surface area contributed by atoms with Gasteiger partial charge in [0.05, 0.1) is 11.2 Å². The van der Waals surface area contributed by atoms with Crippen LogP contribution in [-0.4, -0.2) is 15.8 Å². The van der Waals surface area contributed by atoms with Gasteiger partial charge in [-0.15, -0.1) is 0 Å². The Morgan fingerprint density at radius 1 is 0.545 bits per heavy atom. The van der Waals surface area contributed by atoms with E-state index in [-0.39, 0.29) is 6.71 Å². The van der Waals surface area contributed by atoms with E-state index >= 15 is 0 Å². The van der Waals surface area contributed by atoms with Crippen molar-refractivity contribution in [2.75, 3.05) is 0 Å². The Kier molecular flexibility index (Phi) is 5.85. The first-order valence-electron chi connectivity index (χ1n) is 19.5. The maximum atomic E-state index is 2.69. The van der Waals surface area contributed by atoms with Gasteiger partial charge in [-0.3, -0.25) is 0 Å². The van der Waals surface area contributed by atoms with Crippen LogP contribution in [0, 0.1) is 5.92 Å². The van der Waals surface area contributed by atoms with Crippen molar-refractivity contribution in [2.24, 2.45) is 5.92 Å². The average molecular weight is 697 g/mol. The summed E-state index contributed by atoms with van der Waals surface area (Å²) in [6.45, 7) is 0.0731. The molecule has 1 atom stereocenters. The van der Waals surface area contributed by atoms with Gasteiger partial charge in [-0.25, -0.2) is 0 Å². The number of benzene rings is 7. The molecule has 0 bridgehead atoms. The number of hydrogen-bond acceptors (Lipinski definition) is 0. The Balaban J connectivity index is 1.27. The third-order valence-electron chi connectivity index (χ3n) is 12.8. The molecule has 0 saturated heterocycles. The van der Waals surface area contributed by atoms with Gasteiger partial charge in [-0.05, 0) is 85.2 Å². The Hall–Kier alpha value is -6.84. The summed E-state index contributed by atoms with van der Waals surface area (Å²) >= 11 is 0. The zero-order valence-corrected chi connectivity index (χ0v) is 30.1. The Morgan fingerprint density at radius 3 is 2.04 bits per heavy atom. The molecule has 55 heavy (non-hydrogen) atoms. The summed E-state index contributed by atoms with van der Waals surface area (Å²) in [5.41, 5.74) is 21.3. The maximum absolute atomic E-state index is 2.69. The molecule has 2 nitrogen and oxygen atoms in total. The van der Waals surface area contributed by atoms with Crippen molar-refractivity contribution in [1.82, 2.24) is 9.13 Å². The highest BCUT2D eigenvalue weighted by Gasteiger charge is 2.47. The van der Waals surface area contributed by atoms with E-state index in [1.165, 1.54) is 111 Å². The first-order valence-corrected chi connectivity index (χ1v) is 19.5. The summed E-state index contributed by atoms with van der Waals surface area (Å²) in [5, 5.41) is 5.25. The number of allylic oxidation sites excluding steroid dienone is 5. The third-order valence-corrected chi connectivity index (χ3v) is 12.8. The maximum Gasteiger partial charge on any atom is 0.252 e. The Morgan fingerprint density at radius 2 is 1.24 bits per heavy atom. The summed E-state index contributed by atoms with van der Waals surface area (Å²) < 4.78 is 5.30. The number of nitrogens with zero attached hydrogens (tertiary/aromatic N) is 2. The van der Waals surface area contributed by atoms with Crippen LogP contribution in [0.1, 0.15) is 11.3 Å². The van der Waals surface area contributed by atoms with Crippen LogP contribution in [0.25, 0.3) is 82.9 Å². The lowest BCUT2D eigenvalue weighted by atomic mass is 9.31. The zero-order chi connectivity index (χ0) is 35.8. The minimum atomic E-state index is 0.0731. The largest absolute Gasteiger partial charge is 0.310 e. The quantitative estimate of drug-likeness (QED) is 0.163. The zero-order valence-electron chi connectivity index (χ0n) is 30.1. The van der Waals surface area contributed by atoms with Crippen molar-refractivity contribution in [3.05, 3.63) is 199 Å². The molecule has 0 spiro atoms. The molecular formula is C52H33BN2. The topological polar surface area (TPSA) is 9.86 Å². The van der Waals surface area contributed by atoms with Gasteiger partial charge < -0.3 is 9.13 Å². The second kappa shape index (κ2) is 10.9. The van der Waals surface area contributed by atoms with Gasteiger partial charge in [0.25, 0.3) is 6.71 Å². The first kappa shape index (κ1) is 29.6. The van der Waals surface area contributed by atoms with Crippen LogP contribution < -0.4 is 10.9 Å². The van der Waals surface area contributed by atoms with Crippen LogP contribution in [0.3, 0.4) is 0 Å². The SMILES string of the molecule is C1=CC2=C3B4c5c(cc(-c6ccccc6)cc5-n5c6ccc7ccccc7c6c6cccc4c65)-n4c3c(c(-c3ccccc3)c4-c3ccccc3)CC2C=C1. The second-order valence-corrected chi connectivity index (χ2v) is 15.5. The van der Waals surface area contributed by atoms with Gasteiger partial charge in [0.1, 0.15) is 0 Å². The van der Waals surface area contributed by atoms with Gasteiger partial charge in [0, 0.05) is 44.8 Å². The van der Waals surface area contributed by atoms with Crippen LogP contribution in [-0.2, 0) is 6.42 Å². The lowest BCUT2D eigenvalue weighted by molar-refractivity contribution is 0.752. The number of hydrogen-bond donors (Lipinski definition) is 0. The van der Waals surface area contributed by atoms with Crippen molar-refractivity contribution in [2.45, 2.75) is 6.42 Å². The van der Waals surface area contributed by atoms with Crippen molar-refractivity contribution < 1.29 is 0 Å². The van der Waals surface area contributed by atoms with E-state index in [9.17, 15) is 0 Å². The van der Waals surface area contributed by atoms with E-state index in [0.717, 1.165) is 6.42 Å². The van der Waals surface area contributed by atoms with E-state index in [0.29, 0.717) is 5.92 Å². The molecule has 3 heteroatoms. The minimum absolute atomic E-state index is 0.0731. The van der Waals surface area contributed by atoms with Crippen molar-refractivity contribution in [1.29, 1.82) is 0 Å². The number of rotatable bonds is 3. The van der Waals surface area contributed by atoms with Crippen molar-refractivity contribution >= 4 is 55.7 Å². The molecule has 1 unspecified atom stereocenters. The summed E-state index contributed by atoms with van der Waals surface area (Å²) in [6, 6.07) is 58.9. The van der Waals surface area contributed by atoms with E-state index in [1.807, 2.05) is 0 Å². The fourth-order valence-electron chi connectivity index (χ4n) is 10.7. The molecule has 0 N–H and O–H groups in total. The molecule has 4 aliphatic rings. The summed E-state index contributed by atoms with van der Waals surface area (Å²) in [6.07, 6.45) is 10.4. The highest BCUT2D eigenvalue weighted by Crippen LogP contribution is 2.53. The molecular weight excluding hydrogens is 663 g/mol. The van der Waals surface area contributed by atoms with E-state index in [4.69, 9.17) is 0 Å². The Bertz CT molecular complexity index is 3210. The molecule has 13 rings (SSSR count). The molecule has 2 aromatic heterocycles. The van der Waals surface area contributed by atoms with E-state index in [1.54, 1.807) is 0 Å². The predicted octanol–water partition coefficient (Wildman–Crippen LogP) is 11.3. The van der Waals surface area contributed by atoms with Crippen LogP contribution in [0.5, 0.6) is 0 Å².